The molecule has 0 spiro atoms. The van der Waals surface area contributed by atoms with E-state index in [0.29, 0.717) is 5.69 Å². The van der Waals surface area contributed by atoms with Crippen LogP contribution in [0.1, 0.15) is 0 Å². The minimum Gasteiger partial charge on any atom is -0.274 e. The number of aromatic nitrogens is 2. The van der Waals surface area contributed by atoms with Gasteiger partial charge in [0.2, 0.25) is 0 Å². The van der Waals surface area contributed by atoms with Crippen molar-refractivity contribution in [2.24, 2.45) is 17.3 Å². The zero-order valence-electron chi connectivity index (χ0n) is 8.43. The highest BCUT2D eigenvalue weighted by Gasteiger charge is 2.06. The highest BCUT2D eigenvalue weighted by atomic mass is 19.1. The van der Waals surface area contributed by atoms with Crippen LogP contribution in [0.2, 0.25) is 0 Å². The molecule has 0 fully saturated rings. The minimum absolute atomic E-state index is 0.397. The van der Waals surface area contributed by atoms with Crippen LogP contribution in [0.15, 0.2) is 40.8 Å². The van der Waals surface area contributed by atoms with Crippen LogP contribution < -0.4 is 0 Å². The maximum Gasteiger partial charge on any atom is 0.157 e. The summed E-state index contributed by atoms with van der Waals surface area (Å²) in [7, 11) is 1.71. The van der Waals surface area contributed by atoms with E-state index in [1.807, 2.05) is 0 Å². The van der Waals surface area contributed by atoms with Crippen LogP contribution in [0.25, 0.3) is 0 Å². The van der Waals surface area contributed by atoms with E-state index in [0.717, 1.165) is 12.1 Å². The van der Waals surface area contributed by atoms with E-state index in [1.165, 1.54) is 16.9 Å². The molecule has 16 heavy (non-hydrogen) atoms. The van der Waals surface area contributed by atoms with Gasteiger partial charge in [0.15, 0.2) is 17.3 Å². The van der Waals surface area contributed by atoms with Crippen LogP contribution in [-0.2, 0) is 7.05 Å². The third kappa shape index (κ3) is 2.10. The van der Waals surface area contributed by atoms with Crippen molar-refractivity contribution in [2.75, 3.05) is 0 Å². The molecule has 2 rings (SSSR count). The summed E-state index contributed by atoms with van der Waals surface area (Å²) in [5, 5.41) is 11.0. The van der Waals surface area contributed by atoms with Crippen LogP contribution in [0, 0.1) is 11.6 Å². The van der Waals surface area contributed by atoms with Gasteiger partial charge in [-0.15, -0.1) is 10.2 Å². The van der Waals surface area contributed by atoms with Gasteiger partial charge < -0.3 is 0 Å². The molecule has 4 nitrogen and oxygen atoms in total. The fourth-order valence-corrected chi connectivity index (χ4v) is 1.15. The predicted octanol–water partition coefficient (Wildman–Crippen LogP) is 3.11. The molecule has 0 aliphatic carbocycles. The Hall–Kier alpha value is -2.11. The van der Waals surface area contributed by atoms with E-state index in [1.54, 1.807) is 13.2 Å². The van der Waals surface area contributed by atoms with Crippen LogP contribution in [0.5, 0.6) is 0 Å². The quantitative estimate of drug-likeness (QED) is 0.720. The summed E-state index contributed by atoms with van der Waals surface area (Å²) in [5.41, 5.74) is 0.0384. The van der Waals surface area contributed by atoms with E-state index in [2.05, 4.69) is 15.3 Å². The average Bonchev–Trinajstić information content (AvgIpc) is 2.63. The number of aryl methyl sites for hydroxylation is 1. The van der Waals surface area contributed by atoms with Crippen LogP contribution in [0.4, 0.5) is 20.2 Å². The predicted molar refractivity (Wildman–Crippen MR) is 53.7 cm³/mol. The maximum absolute atomic E-state index is 13.1. The van der Waals surface area contributed by atoms with Crippen molar-refractivity contribution < 1.29 is 8.78 Å². The molecule has 0 bridgehead atoms. The molecular weight excluding hydrogens is 214 g/mol. The summed E-state index contributed by atoms with van der Waals surface area (Å²) in [5.74, 6) is -1.49. The number of rotatable bonds is 2. The van der Waals surface area contributed by atoms with Crippen molar-refractivity contribution in [3.63, 3.8) is 0 Å². The molecule has 1 heterocycles. The van der Waals surface area contributed by atoms with E-state index in [-0.39, 0.29) is 0 Å². The van der Waals surface area contributed by atoms with E-state index >= 15 is 0 Å². The Morgan fingerprint density at radius 1 is 1.19 bits per heavy atom. The molecule has 0 N–H and O–H groups in total. The molecule has 0 unspecified atom stereocenters. The molecule has 0 aliphatic rings. The normalized spacial score (nSPS) is 11.2. The fourth-order valence-electron chi connectivity index (χ4n) is 1.15. The van der Waals surface area contributed by atoms with Gasteiger partial charge in [-0.1, -0.05) is 6.07 Å². The lowest BCUT2D eigenvalue weighted by atomic mass is 10.3. The zero-order valence-corrected chi connectivity index (χ0v) is 8.43. The Kier molecular flexibility index (Phi) is 2.72. The van der Waals surface area contributed by atoms with Gasteiger partial charge in [-0.05, 0) is 12.1 Å². The molecule has 0 atom stereocenters. The second-order valence-electron chi connectivity index (χ2n) is 3.14. The molecular formula is C10H8F2N4. The summed E-state index contributed by atoms with van der Waals surface area (Å²) >= 11 is 0. The standard InChI is InChI=1S/C10H8F2N4/c1-16-6-7(5-13-16)14-15-10-8(11)3-2-4-9(10)12/h2-6H,1H3. The van der Waals surface area contributed by atoms with Gasteiger partial charge in [0.05, 0.1) is 12.4 Å². The fraction of sp³-hybridized carbons (Fsp3) is 0.100. The topological polar surface area (TPSA) is 42.5 Å². The third-order valence-electron chi connectivity index (χ3n) is 1.89. The Balaban J connectivity index is 2.30. The average molecular weight is 222 g/mol. The van der Waals surface area contributed by atoms with Gasteiger partial charge >= 0.3 is 0 Å². The van der Waals surface area contributed by atoms with Gasteiger partial charge in [-0.3, -0.25) is 4.68 Å². The lowest BCUT2D eigenvalue weighted by Gasteiger charge is -1.95. The summed E-state index contributed by atoms with van der Waals surface area (Å²) in [6, 6.07) is 3.52. The molecule has 1 aromatic heterocycles. The van der Waals surface area contributed by atoms with Crippen LogP contribution in [0.3, 0.4) is 0 Å². The number of hydrogen-bond acceptors (Lipinski definition) is 3. The molecule has 0 saturated heterocycles. The summed E-state index contributed by atoms with van der Waals surface area (Å²) in [6.07, 6.45) is 3.03. The van der Waals surface area contributed by atoms with E-state index < -0.39 is 17.3 Å². The first-order valence-electron chi connectivity index (χ1n) is 4.51. The van der Waals surface area contributed by atoms with Crippen LogP contribution >= 0.6 is 0 Å². The van der Waals surface area contributed by atoms with Gasteiger partial charge in [0, 0.05) is 7.05 Å². The first kappa shape index (κ1) is 10.4. The minimum atomic E-state index is -0.743. The Labute approximate surface area is 90.2 Å². The van der Waals surface area contributed by atoms with Crippen molar-refractivity contribution in [1.82, 2.24) is 9.78 Å². The number of azo groups is 1. The van der Waals surface area contributed by atoms with E-state index in [9.17, 15) is 8.78 Å². The maximum atomic E-state index is 13.1. The molecule has 0 aliphatic heterocycles. The highest BCUT2D eigenvalue weighted by Crippen LogP contribution is 2.23. The first-order valence-corrected chi connectivity index (χ1v) is 4.51. The molecule has 0 amide bonds. The first-order chi connectivity index (χ1) is 7.66. The zero-order chi connectivity index (χ0) is 11.5. The smallest absolute Gasteiger partial charge is 0.157 e. The third-order valence-corrected chi connectivity index (χ3v) is 1.89. The second-order valence-corrected chi connectivity index (χ2v) is 3.14. The van der Waals surface area contributed by atoms with Crippen molar-refractivity contribution in [1.29, 1.82) is 0 Å². The number of nitrogens with zero attached hydrogens (tertiary/aromatic N) is 4. The van der Waals surface area contributed by atoms with Crippen molar-refractivity contribution in [3.05, 3.63) is 42.2 Å². The summed E-state index contributed by atoms with van der Waals surface area (Å²) in [4.78, 5) is 0. The van der Waals surface area contributed by atoms with Gasteiger partial charge in [-0.2, -0.15) is 5.10 Å². The number of hydrogen-bond donors (Lipinski definition) is 0. The summed E-state index contributed by atoms with van der Waals surface area (Å²) < 4.78 is 27.8. The van der Waals surface area contributed by atoms with Crippen molar-refractivity contribution in [2.45, 2.75) is 0 Å². The molecule has 82 valence electrons. The molecule has 1 aromatic carbocycles. The van der Waals surface area contributed by atoms with Crippen LogP contribution in [-0.4, -0.2) is 9.78 Å². The van der Waals surface area contributed by atoms with Gasteiger partial charge in [-0.25, -0.2) is 8.78 Å². The lowest BCUT2D eigenvalue weighted by Crippen LogP contribution is -1.83. The van der Waals surface area contributed by atoms with Crippen molar-refractivity contribution in [3.8, 4) is 0 Å². The Bertz CT molecular complexity index is 513. The molecule has 6 heteroatoms. The number of benzene rings is 1. The summed E-state index contributed by atoms with van der Waals surface area (Å²) in [6.45, 7) is 0. The highest BCUT2D eigenvalue weighted by molar-refractivity contribution is 5.40. The van der Waals surface area contributed by atoms with Gasteiger partial charge in [0.25, 0.3) is 0 Å². The monoisotopic (exact) mass is 222 g/mol. The molecule has 2 aromatic rings. The van der Waals surface area contributed by atoms with Crippen molar-refractivity contribution >= 4 is 11.4 Å². The Morgan fingerprint density at radius 2 is 1.88 bits per heavy atom. The largest absolute Gasteiger partial charge is 0.274 e. The SMILES string of the molecule is Cn1cc(N=Nc2c(F)cccc2F)cn1. The Morgan fingerprint density at radius 3 is 2.44 bits per heavy atom. The number of halogens is 2. The molecule has 0 saturated carbocycles. The lowest BCUT2D eigenvalue weighted by molar-refractivity contribution is 0.585. The molecule has 0 radical (unpaired) electrons. The van der Waals surface area contributed by atoms with Gasteiger partial charge in [0.1, 0.15) is 5.69 Å². The van der Waals surface area contributed by atoms with E-state index in [4.69, 9.17) is 0 Å². The second kappa shape index (κ2) is 4.18.